The van der Waals surface area contributed by atoms with Gasteiger partial charge in [0.25, 0.3) is 5.91 Å². The van der Waals surface area contributed by atoms with Gasteiger partial charge in [0.05, 0.1) is 23.6 Å². The number of nitrogens with zero attached hydrogens (tertiary/aromatic N) is 1. The van der Waals surface area contributed by atoms with Crippen LogP contribution in [-0.2, 0) is 6.54 Å². The monoisotopic (exact) mass is 379 g/mol. The van der Waals surface area contributed by atoms with Crippen molar-refractivity contribution in [3.8, 4) is 5.75 Å². The predicted molar refractivity (Wildman–Crippen MR) is 107 cm³/mol. The Bertz CT molecular complexity index is 925. The van der Waals surface area contributed by atoms with Gasteiger partial charge in [-0.3, -0.25) is 9.78 Å². The molecule has 0 aliphatic rings. The van der Waals surface area contributed by atoms with Gasteiger partial charge in [-0.25, -0.2) is 4.39 Å². The number of hydrogen-bond acceptors (Lipinski definition) is 4. The zero-order valence-electron chi connectivity index (χ0n) is 15.8. The fraction of sp³-hybridized carbons (Fsp3) is 0.182. The number of ether oxygens (including phenoxy) is 1. The molecule has 0 bridgehead atoms. The summed E-state index contributed by atoms with van der Waals surface area (Å²) >= 11 is 0. The fourth-order valence-corrected chi connectivity index (χ4v) is 2.57. The van der Waals surface area contributed by atoms with Crippen molar-refractivity contribution < 1.29 is 13.9 Å². The summed E-state index contributed by atoms with van der Waals surface area (Å²) < 4.78 is 18.6. The summed E-state index contributed by atoms with van der Waals surface area (Å²) in [7, 11) is 0. The number of carbonyl (C=O) groups is 1. The van der Waals surface area contributed by atoms with Crippen LogP contribution < -0.4 is 15.4 Å². The number of carbonyl (C=O) groups excluding carboxylic acids is 1. The lowest BCUT2D eigenvalue weighted by Crippen LogP contribution is -2.23. The van der Waals surface area contributed by atoms with E-state index in [4.69, 9.17) is 4.74 Å². The number of nitrogens with one attached hydrogen (secondary N) is 2. The van der Waals surface area contributed by atoms with Crippen LogP contribution in [0, 0.1) is 5.82 Å². The highest BCUT2D eigenvalue weighted by Crippen LogP contribution is 2.21. The largest absolute Gasteiger partial charge is 0.491 e. The number of benzene rings is 2. The van der Waals surface area contributed by atoms with Crippen LogP contribution in [0.5, 0.6) is 5.75 Å². The van der Waals surface area contributed by atoms with Crippen LogP contribution in [0.25, 0.3) is 0 Å². The molecule has 0 spiro atoms. The minimum atomic E-state index is -0.304. The highest BCUT2D eigenvalue weighted by molar-refractivity contribution is 5.94. The maximum atomic E-state index is 12.9. The predicted octanol–water partition coefficient (Wildman–Crippen LogP) is 4.68. The minimum Gasteiger partial charge on any atom is -0.491 e. The molecule has 1 amide bonds. The topological polar surface area (TPSA) is 63.2 Å². The maximum absolute atomic E-state index is 12.9. The first kappa shape index (κ1) is 19.4. The molecular weight excluding hydrogens is 357 g/mol. The Morgan fingerprint density at radius 1 is 1.04 bits per heavy atom. The van der Waals surface area contributed by atoms with Crippen LogP contribution in [0.15, 0.2) is 67.0 Å². The van der Waals surface area contributed by atoms with Gasteiger partial charge in [-0.05, 0) is 61.9 Å². The molecular formula is C22H22FN3O2. The van der Waals surface area contributed by atoms with Crippen molar-refractivity contribution in [3.05, 3.63) is 83.9 Å². The molecule has 1 aromatic heterocycles. The Morgan fingerprint density at radius 3 is 2.43 bits per heavy atom. The average molecular weight is 379 g/mol. The number of anilines is 2. The molecule has 2 N–H and O–H groups in total. The van der Waals surface area contributed by atoms with E-state index in [2.05, 4.69) is 15.6 Å². The van der Waals surface area contributed by atoms with Crippen LogP contribution in [0.3, 0.4) is 0 Å². The Kier molecular flexibility index (Phi) is 6.22. The molecule has 3 rings (SSSR count). The van der Waals surface area contributed by atoms with E-state index in [1.165, 1.54) is 18.3 Å². The second kappa shape index (κ2) is 8.99. The van der Waals surface area contributed by atoms with Crippen LogP contribution >= 0.6 is 0 Å². The highest BCUT2D eigenvalue weighted by Gasteiger charge is 2.08. The second-order valence-electron chi connectivity index (χ2n) is 6.59. The van der Waals surface area contributed by atoms with E-state index in [9.17, 15) is 9.18 Å². The summed E-state index contributed by atoms with van der Waals surface area (Å²) in [6, 6.07) is 15.3. The van der Waals surface area contributed by atoms with Gasteiger partial charge in [-0.15, -0.1) is 0 Å². The molecule has 1 heterocycles. The van der Waals surface area contributed by atoms with E-state index < -0.39 is 0 Å². The third-order valence-corrected chi connectivity index (χ3v) is 3.88. The Balaban J connectivity index is 1.61. The molecule has 3 aromatic rings. The zero-order valence-corrected chi connectivity index (χ0v) is 15.8. The molecule has 0 fully saturated rings. The summed E-state index contributed by atoms with van der Waals surface area (Å²) in [6.45, 7) is 4.27. The van der Waals surface area contributed by atoms with Gasteiger partial charge in [-0.1, -0.05) is 12.1 Å². The molecule has 0 saturated heterocycles. The first-order valence-electron chi connectivity index (χ1n) is 9.01. The van der Waals surface area contributed by atoms with Crippen molar-refractivity contribution >= 4 is 17.3 Å². The van der Waals surface area contributed by atoms with Crippen molar-refractivity contribution in [3.63, 3.8) is 0 Å². The number of halogens is 1. The van der Waals surface area contributed by atoms with Crippen molar-refractivity contribution in [1.29, 1.82) is 0 Å². The highest BCUT2D eigenvalue weighted by atomic mass is 19.1. The van der Waals surface area contributed by atoms with Crippen molar-refractivity contribution in [2.75, 3.05) is 5.32 Å². The third-order valence-electron chi connectivity index (χ3n) is 3.88. The second-order valence-corrected chi connectivity index (χ2v) is 6.59. The summed E-state index contributed by atoms with van der Waals surface area (Å²) in [4.78, 5) is 16.5. The van der Waals surface area contributed by atoms with Crippen molar-refractivity contribution in [1.82, 2.24) is 10.3 Å². The summed E-state index contributed by atoms with van der Waals surface area (Å²) in [5.41, 5.74) is 2.82. The molecule has 144 valence electrons. The third kappa shape index (κ3) is 5.54. The van der Waals surface area contributed by atoms with E-state index in [-0.39, 0.29) is 17.8 Å². The van der Waals surface area contributed by atoms with Gasteiger partial charge in [0.1, 0.15) is 11.6 Å². The number of rotatable bonds is 7. The van der Waals surface area contributed by atoms with E-state index in [1.807, 2.05) is 38.1 Å². The molecule has 0 aliphatic carbocycles. The molecule has 0 unspecified atom stereocenters. The first-order valence-corrected chi connectivity index (χ1v) is 9.01. The number of aromatic nitrogens is 1. The number of pyridine rings is 1. The van der Waals surface area contributed by atoms with E-state index in [0.717, 1.165) is 17.0 Å². The summed E-state index contributed by atoms with van der Waals surface area (Å²) in [5, 5.41) is 6.03. The van der Waals surface area contributed by atoms with Gasteiger partial charge in [0.2, 0.25) is 0 Å². The molecule has 0 saturated carbocycles. The van der Waals surface area contributed by atoms with E-state index >= 15 is 0 Å². The molecule has 28 heavy (non-hydrogen) atoms. The lowest BCUT2D eigenvalue weighted by Gasteiger charge is -2.11. The average Bonchev–Trinajstić information content (AvgIpc) is 2.69. The van der Waals surface area contributed by atoms with Gasteiger partial charge >= 0.3 is 0 Å². The maximum Gasteiger partial charge on any atom is 0.253 e. The molecule has 0 atom stereocenters. The standard InChI is InChI=1S/C22H22FN3O2/c1-15(2)28-21-9-7-19(8-10-21)26-20-11-17(13-24-14-20)22(27)25-12-16-3-5-18(23)6-4-16/h3-11,13-15,26H,12H2,1-2H3,(H,25,27). The number of amides is 1. The van der Waals surface area contributed by atoms with Gasteiger partial charge < -0.3 is 15.4 Å². The minimum absolute atomic E-state index is 0.119. The Hall–Kier alpha value is -3.41. The van der Waals surface area contributed by atoms with Crippen molar-refractivity contribution in [2.24, 2.45) is 0 Å². The first-order chi connectivity index (χ1) is 13.5. The van der Waals surface area contributed by atoms with Crippen LogP contribution in [-0.4, -0.2) is 17.0 Å². The molecule has 0 aliphatic heterocycles. The lowest BCUT2D eigenvalue weighted by molar-refractivity contribution is 0.0950. The van der Waals surface area contributed by atoms with E-state index in [0.29, 0.717) is 17.8 Å². The number of hydrogen-bond donors (Lipinski definition) is 2. The molecule has 6 heteroatoms. The van der Waals surface area contributed by atoms with Crippen LogP contribution in [0.2, 0.25) is 0 Å². The summed E-state index contributed by atoms with van der Waals surface area (Å²) in [6.07, 6.45) is 3.27. The van der Waals surface area contributed by atoms with Crippen LogP contribution in [0.1, 0.15) is 29.8 Å². The van der Waals surface area contributed by atoms with E-state index in [1.54, 1.807) is 24.4 Å². The van der Waals surface area contributed by atoms with Gasteiger partial charge in [-0.2, -0.15) is 0 Å². The zero-order chi connectivity index (χ0) is 19.9. The fourth-order valence-electron chi connectivity index (χ4n) is 2.57. The SMILES string of the molecule is CC(C)Oc1ccc(Nc2cncc(C(=O)NCc3ccc(F)cc3)c2)cc1. The molecule has 0 radical (unpaired) electrons. The summed E-state index contributed by atoms with van der Waals surface area (Å²) in [5.74, 6) is 0.246. The van der Waals surface area contributed by atoms with Crippen molar-refractivity contribution in [2.45, 2.75) is 26.5 Å². The Morgan fingerprint density at radius 2 is 1.75 bits per heavy atom. The van der Waals surface area contributed by atoms with Gasteiger partial charge in [0, 0.05) is 18.4 Å². The van der Waals surface area contributed by atoms with Gasteiger partial charge in [0.15, 0.2) is 0 Å². The lowest BCUT2D eigenvalue weighted by atomic mass is 10.2. The van der Waals surface area contributed by atoms with Crippen LogP contribution in [0.4, 0.5) is 15.8 Å². The molecule has 2 aromatic carbocycles. The quantitative estimate of drug-likeness (QED) is 0.626. The normalized spacial score (nSPS) is 10.6. The Labute approximate surface area is 163 Å². The molecule has 5 nitrogen and oxygen atoms in total. The smallest absolute Gasteiger partial charge is 0.253 e.